The second-order valence-corrected chi connectivity index (χ2v) is 11.3. The van der Waals surface area contributed by atoms with Gasteiger partial charge in [0.25, 0.3) is 0 Å². The predicted octanol–water partition coefficient (Wildman–Crippen LogP) is 10.8. The first-order valence-corrected chi connectivity index (χ1v) is 16.0. The van der Waals surface area contributed by atoms with Crippen LogP contribution in [-0.2, 0) is 0 Å². The number of ketones is 1. The van der Waals surface area contributed by atoms with Crippen LogP contribution in [0.3, 0.4) is 0 Å². The maximum absolute atomic E-state index is 12.8. The van der Waals surface area contributed by atoms with Crippen molar-refractivity contribution >= 4 is 47.1 Å². The summed E-state index contributed by atoms with van der Waals surface area (Å²) in [6.07, 6.45) is 8.23. The molecule has 0 N–H and O–H groups in total. The highest BCUT2D eigenvalue weighted by Crippen LogP contribution is 2.39. The van der Waals surface area contributed by atoms with E-state index in [0.717, 1.165) is 39.3 Å². The number of nitrogens with zero attached hydrogens (tertiary/aromatic N) is 1. The number of para-hydroxylation sites is 1. The molecule has 6 aromatic carbocycles. The Bertz CT molecular complexity index is 2020. The molecule has 0 fully saturated rings. The summed E-state index contributed by atoms with van der Waals surface area (Å²) in [4.78, 5) is 15.0. The number of anilines is 3. The maximum Gasteiger partial charge on any atom is 0.203 e. The largest absolute Gasteiger partial charge is 0.493 e. The number of hydrogen-bond acceptors (Lipinski definition) is 5. The molecule has 6 rings (SSSR count). The van der Waals surface area contributed by atoms with Gasteiger partial charge in [0.1, 0.15) is 0 Å². The molecule has 0 bridgehead atoms. The predicted molar refractivity (Wildman–Crippen MR) is 201 cm³/mol. The Hall–Kier alpha value is -6.33. The molecule has 0 aliphatic heterocycles. The van der Waals surface area contributed by atoms with Gasteiger partial charge in [0, 0.05) is 28.2 Å². The van der Waals surface area contributed by atoms with Crippen LogP contribution in [0.5, 0.6) is 17.2 Å². The Morgan fingerprint density at radius 1 is 0.449 bits per heavy atom. The highest BCUT2D eigenvalue weighted by Gasteiger charge is 2.14. The number of methoxy groups -OCH3 is 3. The topological polar surface area (TPSA) is 48.0 Å². The third kappa shape index (κ3) is 7.80. The summed E-state index contributed by atoms with van der Waals surface area (Å²) in [5.41, 5.74) is 8.63. The first-order valence-electron chi connectivity index (χ1n) is 16.0. The summed E-state index contributed by atoms with van der Waals surface area (Å²) >= 11 is 0. The van der Waals surface area contributed by atoms with Crippen molar-refractivity contribution in [2.75, 3.05) is 26.2 Å². The molecular weight excluding hydrogens is 606 g/mol. The zero-order valence-corrected chi connectivity index (χ0v) is 27.7. The summed E-state index contributed by atoms with van der Waals surface area (Å²) in [7, 11) is 4.83. The number of hydrogen-bond donors (Lipinski definition) is 0. The molecule has 242 valence electrons. The van der Waals surface area contributed by atoms with Crippen LogP contribution in [0.4, 0.5) is 17.1 Å². The molecule has 0 unspecified atom stereocenters. The molecule has 0 aromatic heterocycles. The lowest BCUT2D eigenvalue weighted by Gasteiger charge is -2.25. The minimum atomic E-state index is 0.0245. The summed E-state index contributed by atoms with van der Waals surface area (Å²) in [6, 6.07) is 48.2. The Labute approximate surface area is 288 Å². The van der Waals surface area contributed by atoms with E-state index in [1.807, 2.05) is 91.0 Å². The highest BCUT2D eigenvalue weighted by molar-refractivity contribution is 6.09. The van der Waals surface area contributed by atoms with Crippen molar-refractivity contribution in [1.29, 1.82) is 0 Å². The van der Waals surface area contributed by atoms with E-state index >= 15 is 0 Å². The van der Waals surface area contributed by atoms with E-state index in [0.29, 0.717) is 28.4 Å². The smallest absolute Gasteiger partial charge is 0.203 e. The molecule has 6 aromatic rings. The third-order valence-corrected chi connectivity index (χ3v) is 8.15. The summed E-state index contributed by atoms with van der Waals surface area (Å²) in [6.45, 7) is 0. The molecule has 49 heavy (non-hydrogen) atoms. The van der Waals surface area contributed by atoms with Crippen molar-refractivity contribution in [2.24, 2.45) is 0 Å². The normalized spacial score (nSPS) is 11.1. The van der Waals surface area contributed by atoms with Gasteiger partial charge in [0.15, 0.2) is 17.3 Å². The van der Waals surface area contributed by atoms with Crippen LogP contribution in [0.1, 0.15) is 38.2 Å². The Kier molecular flexibility index (Phi) is 10.3. The second kappa shape index (κ2) is 15.5. The Morgan fingerprint density at radius 3 is 1.29 bits per heavy atom. The number of ether oxygens (including phenoxy) is 3. The third-order valence-electron chi connectivity index (χ3n) is 8.15. The first kappa shape index (κ1) is 32.6. The standard InChI is InChI=1S/C44H37NO4/c1-47-41-30-35(31-42(48-2)44(41)49-3)17-16-34-22-28-40(29-23-34)45(38-12-8-5-9-13-38)39-26-20-33(21-27-39)15-14-32-18-24-37(25-19-32)43(46)36-10-6-4-7-11-36/h4-31H,1-3H3/b15-14+,17-16+. The number of carbonyl (C=O) groups excluding carboxylic acids is 1. The van der Waals surface area contributed by atoms with E-state index < -0.39 is 0 Å². The van der Waals surface area contributed by atoms with Gasteiger partial charge in [-0.3, -0.25) is 4.79 Å². The maximum atomic E-state index is 12.8. The van der Waals surface area contributed by atoms with E-state index in [1.165, 1.54) is 0 Å². The molecule has 0 atom stereocenters. The molecule has 5 nitrogen and oxygen atoms in total. The second-order valence-electron chi connectivity index (χ2n) is 11.3. The molecule has 0 spiro atoms. The zero-order valence-electron chi connectivity index (χ0n) is 27.7. The van der Waals surface area contributed by atoms with Crippen LogP contribution in [0, 0.1) is 0 Å². The average Bonchev–Trinajstić information content (AvgIpc) is 3.17. The van der Waals surface area contributed by atoms with Gasteiger partial charge >= 0.3 is 0 Å². The van der Waals surface area contributed by atoms with E-state index in [2.05, 4.69) is 83.8 Å². The minimum absolute atomic E-state index is 0.0245. The fourth-order valence-corrected chi connectivity index (χ4v) is 5.58. The highest BCUT2D eigenvalue weighted by atomic mass is 16.5. The lowest BCUT2D eigenvalue weighted by molar-refractivity contribution is 0.103. The van der Waals surface area contributed by atoms with Crippen molar-refractivity contribution in [3.05, 3.63) is 179 Å². The summed E-state index contributed by atoms with van der Waals surface area (Å²) in [5, 5.41) is 0. The average molecular weight is 644 g/mol. The lowest BCUT2D eigenvalue weighted by atomic mass is 10.0. The van der Waals surface area contributed by atoms with E-state index in [4.69, 9.17) is 14.2 Å². The van der Waals surface area contributed by atoms with Gasteiger partial charge in [-0.1, -0.05) is 121 Å². The molecule has 0 aliphatic rings. The number of benzene rings is 6. The van der Waals surface area contributed by atoms with Gasteiger partial charge in [0.05, 0.1) is 21.3 Å². The zero-order chi connectivity index (χ0) is 34.0. The summed E-state index contributed by atoms with van der Waals surface area (Å²) in [5.74, 6) is 1.82. The molecule has 0 aliphatic carbocycles. The molecule has 0 saturated heterocycles. The van der Waals surface area contributed by atoms with Crippen molar-refractivity contribution in [3.8, 4) is 17.2 Å². The van der Waals surface area contributed by atoms with E-state index in [9.17, 15) is 4.79 Å². The molecule has 0 heterocycles. The summed E-state index contributed by atoms with van der Waals surface area (Å²) < 4.78 is 16.5. The number of rotatable bonds is 12. The van der Waals surface area contributed by atoms with Crippen LogP contribution < -0.4 is 19.1 Å². The SMILES string of the molecule is COc1cc(/C=C/c2ccc(N(c3ccccc3)c3ccc(/C=C/c4ccc(C(=O)c5ccccc5)cc4)cc3)cc2)cc(OC)c1OC. The van der Waals surface area contributed by atoms with Crippen molar-refractivity contribution in [2.45, 2.75) is 0 Å². The monoisotopic (exact) mass is 643 g/mol. The van der Waals surface area contributed by atoms with Crippen molar-refractivity contribution in [1.82, 2.24) is 0 Å². The van der Waals surface area contributed by atoms with Crippen molar-refractivity contribution in [3.63, 3.8) is 0 Å². The van der Waals surface area contributed by atoms with Gasteiger partial charge in [-0.25, -0.2) is 0 Å². The van der Waals surface area contributed by atoms with Crippen LogP contribution >= 0.6 is 0 Å². The number of carbonyl (C=O) groups is 1. The lowest BCUT2D eigenvalue weighted by Crippen LogP contribution is -2.09. The van der Waals surface area contributed by atoms with Gasteiger partial charge < -0.3 is 19.1 Å². The van der Waals surface area contributed by atoms with Crippen molar-refractivity contribution < 1.29 is 19.0 Å². The van der Waals surface area contributed by atoms with E-state index in [-0.39, 0.29) is 5.78 Å². The van der Waals surface area contributed by atoms with Gasteiger partial charge in [-0.2, -0.15) is 0 Å². The van der Waals surface area contributed by atoms with E-state index in [1.54, 1.807) is 21.3 Å². The van der Waals surface area contributed by atoms with Gasteiger partial charge in [0.2, 0.25) is 5.75 Å². The minimum Gasteiger partial charge on any atom is -0.493 e. The fraction of sp³-hybridized carbons (Fsp3) is 0.0682. The quantitative estimate of drug-likeness (QED) is 0.0981. The molecular formula is C44H37NO4. The van der Waals surface area contributed by atoms with Gasteiger partial charge in [-0.05, 0) is 70.8 Å². The van der Waals surface area contributed by atoms with Gasteiger partial charge in [-0.15, -0.1) is 0 Å². The molecule has 0 amide bonds. The fourth-order valence-electron chi connectivity index (χ4n) is 5.58. The molecule has 5 heteroatoms. The van der Waals surface area contributed by atoms with Crippen LogP contribution in [-0.4, -0.2) is 27.1 Å². The molecule has 0 saturated carbocycles. The Morgan fingerprint density at radius 2 is 0.837 bits per heavy atom. The Balaban J connectivity index is 1.19. The van der Waals surface area contributed by atoms with Crippen LogP contribution in [0.2, 0.25) is 0 Å². The first-order chi connectivity index (χ1) is 24.1. The molecule has 0 radical (unpaired) electrons. The van der Waals surface area contributed by atoms with Crippen LogP contribution in [0.15, 0.2) is 146 Å². The van der Waals surface area contributed by atoms with Crippen LogP contribution in [0.25, 0.3) is 24.3 Å².